The van der Waals surface area contributed by atoms with Crippen LogP contribution in [0.5, 0.6) is 11.5 Å². The van der Waals surface area contributed by atoms with Crippen LogP contribution in [-0.2, 0) is 6.54 Å². The fraction of sp³-hybridized carbons (Fsp3) is 0.111. The number of amides is 3. The molecule has 1 aliphatic heterocycles. The smallest absolute Gasteiger partial charge is 0.323 e. The lowest BCUT2D eigenvalue weighted by molar-refractivity contribution is 0.102. The lowest BCUT2D eigenvalue weighted by Gasteiger charge is -2.28. The number of aromatic nitrogens is 2. The lowest BCUT2D eigenvalue weighted by atomic mass is 10.2. The van der Waals surface area contributed by atoms with Gasteiger partial charge in [0.1, 0.15) is 22.9 Å². The molecule has 4 aromatic rings. The number of urea groups is 1. The summed E-state index contributed by atoms with van der Waals surface area (Å²) in [5, 5.41) is 5.19. The van der Waals surface area contributed by atoms with E-state index in [0.717, 1.165) is 6.07 Å². The highest BCUT2D eigenvalue weighted by Gasteiger charge is 2.25. The maximum Gasteiger partial charge on any atom is 0.323 e. The van der Waals surface area contributed by atoms with Gasteiger partial charge in [-0.3, -0.25) is 19.5 Å². The third-order valence-corrected chi connectivity index (χ3v) is 5.96. The van der Waals surface area contributed by atoms with Gasteiger partial charge in [-0.25, -0.2) is 18.6 Å². The molecule has 1 aliphatic rings. The molecule has 0 aliphatic carbocycles. The predicted octanol–water partition coefficient (Wildman–Crippen LogP) is 4.92. The number of rotatable bonds is 6. The van der Waals surface area contributed by atoms with Crippen LogP contribution in [0.25, 0.3) is 5.69 Å². The predicted molar refractivity (Wildman–Crippen MR) is 136 cm³/mol. The second kappa shape index (κ2) is 10.1. The van der Waals surface area contributed by atoms with Crippen molar-refractivity contribution >= 4 is 23.4 Å². The van der Waals surface area contributed by atoms with Crippen molar-refractivity contribution in [2.24, 2.45) is 0 Å². The minimum atomic E-state index is -0.752. The van der Waals surface area contributed by atoms with E-state index in [4.69, 9.17) is 4.74 Å². The molecule has 38 heavy (non-hydrogen) atoms. The minimum Gasteiger partial charge on any atom is -0.454 e. The zero-order chi connectivity index (χ0) is 26.8. The Hall–Kier alpha value is -5.06. The van der Waals surface area contributed by atoms with Gasteiger partial charge in [0.15, 0.2) is 11.6 Å². The number of hydrogen-bond donors (Lipinski definition) is 2. The number of hydrogen-bond acceptors (Lipinski definition) is 5. The van der Waals surface area contributed by atoms with E-state index in [2.05, 4.69) is 15.6 Å². The van der Waals surface area contributed by atoms with E-state index in [-0.39, 0.29) is 29.6 Å². The molecule has 3 heterocycles. The van der Waals surface area contributed by atoms with Crippen molar-refractivity contribution in [3.05, 3.63) is 106 Å². The van der Waals surface area contributed by atoms with Gasteiger partial charge in [-0.1, -0.05) is 0 Å². The standard InChI is InChI=1S/C27H21F2N5O4/c1-2-33-15-20-22(11-12-30-24(20)32-27(33)37)38-23-10-7-17(14-21(23)29)31-25(35)19-4-3-13-34(26(19)36)18-8-5-16(28)6-9-18/h3-14H,2,15H2,1H3,(H,31,35)(H,30,32,37). The molecular formula is C27H21F2N5O4. The number of fused-ring (bicyclic) bond motifs is 1. The number of halogens is 2. The van der Waals surface area contributed by atoms with E-state index in [1.165, 1.54) is 65.5 Å². The van der Waals surface area contributed by atoms with Crippen LogP contribution in [-0.4, -0.2) is 32.9 Å². The Morgan fingerprint density at radius 3 is 2.61 bits per heavy atom. The first-order valence-electron chi connectivity index (χ1n) is 11.6. The van der Waals surface area contributed by atoms with Crippen LogP contribution >= 0.6 is 0 Å². The second-order valence-corrected chi connectivity index (χ2v) is 8.36. The maximum absolute atomic E-state index is 15.0. The number of benzene rings is 2. The van der Waals surface area contributed by atoms with Crippen LogP contribution in [0.1, 0.15) is 22.8 Å². The summed E-state index contributed by atoms with van der Waals surface area (Å²) >= 11 is 0. The van der Waals surface area contributed by atoms with Crippen LogP contribution < -0.4 is 20.9 Å². The Labute approximate surface area is 215 Å². The van der Waals surface area contributed by atoms with Crippen molar-refractivity contribution in [1.29, 1.82) is 0 Å². The molecular weight excluding hydrogens is 496 g/mol. The van der Waals surface area contributed by atoms with Gasteiger partial charge in [0.25, 0.3) is 11.5 Å². The van der Waals surface area contributed by atoms with Crippen LogP contribution in [0.4, 0.5) is 25.1 Å². The number of anilines is 2. The highest BCUT2D eigenvalue weighted by molar-refractivity contribution is 6.04. The molecule has 2 aromatic heterocycles. The van der Waals surface area contributed by atoms with E-state index < -0.39 is 23.1 Å². The topological polar surface area (TPSA) is 106 Å². The number of carbonyl (C=O) groups excluding carboxylic acids is 2. The minimum absolute atomic E-state index is 0.102. The maximum atomic E-state index is 15.0. The summed E-state index contributed by atoms with van der Waals surface area (Å²) in [5.41, 5.74) is 0.305. The first-order valence-corrected chi connectivity index (χ1v) is 11.6. The Kier molecular flexibility index (Phi) is 6.56. The summed E-state index contributed by atoms with van der Waals surface area (Å²) in [6, 6.07) is 13.2. The Bertz CT molecular complexity index is 1600. The molecule has 0 radical (unpaired) electrons. The molecule has 0 saturated carbocycles. The molecule has 0 unspecified atom stereocenters. The molecule has 0 bridgehead atoms. The SMILES string of the molecule is CCN1Cc2c(Oc3ccc(NC(=O)c4cccn(-c5ccc(F)cc5)c4=O)cc3F)ccnc2NC1=O. The second-order valence-electron chi connectivity index (χ2n) is 8.36. The molecule has 2 N–H and O–H groups in total. The summed E-state index contributed by atoms with van der Waals surface area (Å²) in [5.74, 6) is -1.38. The molecule has 0 atom stereocenters. The van der Waals surface area contributed by atoms with Gasteiger partial charge < -0.3 is 15.0 Å². The molecule has 192 valence electrons. The van der Waals surface area contributed by atoms with Crippen LogP contribution in [0.2, 0.25) is 0 Å². The lowest BCUT2D eigenvalue weighted by Crippen LogP contribution is -2.38. The number of carbonyl (C=O) groups is 2. The van der Waals surface area contributed by atoms with E-state index in [1.54, 1.807) is 11.0 Å². The van der Waals surface area contributed by atoms with Gasteiger partial charge in [-0.2, -0.15) is 0 Å². The highest BCUT2D eigenvalue weighted by atomic mass is 19.1. The monoisotopic (exact) mass is 517 g/mol. The molecule has 2 aromatic carbocycles. The van der Waals surface area contributed by atoms with Crippen LogP contribution in [0.15, 0.2) is 77.9 Å². The largest absolute Gasteiger partial charge is 0.454 e. The third-order valence-electron chi connectivity index (χ3n) is 5.96. The summed E-state index contributed by atoms with van der Waals surface area (Å²) in [6.07, 6.45) is 2.91. The Morgan fingerprint density at radius 1 is 1.08 bits per heavy atom. The average Bonchev–Trinajstić information content (AvgIpc) is 2.90. The fourth-order valence-corrected chi connectivity index (χ4v) is 3.98. The molecule has 9 nitrogen and oxygen atoms in total. The van der Waals surface area contributed by atoms with E-state index in [0.29, 0.717) is 29.4 Å². The van der Waals surface area contributed by atoms with Gasteiger partial charge in [0.2, 0.25) is 0 Å². The molecule has 3 amide bonds. The van der Waals surface area contributed by atoms with Crippen molar-refractivity contribution in [1.82, 2.24) is 14.5 Å². The van der Waals surface area contributed by atoms with Gasteiger partial charge in [0, 0.05) is 36.4 Å². The fourth-order valence-electron chi connectivity index (χ4n) is 3.98. The van der Waals surface area contributed by atoms with Gasteiger partial charge in [-0.15, -0.1) is 0 Å². The summed E-state index contributed by atoms with van der Waals surface area (Å²) in [4.78, 5) is 43.5. The molecule has 0 fully saturated rings. The number of ether oxygens (including phenoxy) is 1. The number of nitrogens with one attached hydrogen (secondary N) is 2. The van der Waals surface area contributed by atoms with Crippen molar-refractivity contribution in [3.63, 3.8) is 0 Å². The van der Waals surface area contributed by atoms with Gasteiger partial charge in [0.05, 0.1) is 12.1 Å². The van der Waals surface area contributed by atoms with Gasteiger partial charge >= 0.3 is 6.03 Å². The van der Waals surface area contributed by atoms with E-state index >= 15 is 0 Å². The molecule has 5 rings (SSSR count). The van der Waals surface area contributed by atoms with Gasteiger partial charge in [-0.05, 0) is 61.5 Å². The molecule has 0 saturated heterocycles. The van der Waals surface area contributed by atoms with Crippen molar-refractivity contribution in [2.45, 2.75) is 13.5 Å². The van der Waals surface area contributed by atoms with E-state index in [1.807, 2.05) is 6.92 Å². The van der Waals surface area contributed by atoms with Crippen molar-refractivity contribution in [2.75, 3.05) is 17.2 Å². The summed E-state index contributed by atoms with van der Waals surface area (Å²) in [7, 11) is 0. The summed E-state index contributed by atoms with van der Waals surface area (Å²) in [6.45, 7) is 2.56. The number of nitrogens with zero attached hydrogens (tertiary/aromatic N) is 3. The normalized spacial score (nSPS) is 12.5. The first-order chi connectivity index (χ1) is 18.3. The van der Waals surface area contributed by atoms with Crippen LogP contribution in [0.3, 0.4) is 0 Å². The molecule has 0 spiro atoms. The van der Waals surface area contributed by atoms with E-state index in [9.17, 15) is 23.2 Å². The highest BCUT2D eigenvalue weighted by Crippen LogP contribution is 2.34. The number of pyridine rings is 2. The Morgan fingerprint density at radius 2 is 1.87 bits per heavy atom. The molecule has 11 heteroatoms. The zero-order valence-electron chi connectivity index (χ0n) is 20.1. The Balaban J connectivity index is 1.35. The summed E-state index contributed by atoms with van der Waals surface area (Å²) < 4.78 is 35.2. The van der Waals surface area contributed by atoms with Crippen molar-refractivity contribution in [3.8, 4) is 17.2 Å². The van der Waals surface area contributed by atoms with Crippen LogP contribution in [0, 0.1) is 11.6 Å². The average molecular weight is 517 g/mol. The zero-order valence-corrected chi connectivity index (χ0v) is 20.1. The third kappa shape index (κ3) is 4.81. The first kappa shape index (κ1) is 24.6. The quantitative estimate of drug-likeness (QED) is 0.378. The van der Waals surface area contributed by atoms with Crippen molar-refractivity contribution < 1.29 is 23.1 Å².